The molecule has 0 aliphatic heterocycles. The van der Waals surface area contributed by atoms with Crippen molar-refractivity contribution in [1.29, 1.82) is 0 Å². The summed E-state index contributed by atoms with van der Waals surface area (Å²) < 4.78 is 0. The van der Waals surface area contributed by atoms with Gasteiger partial charge in [-0.05, 0) is 135 Å². The number of hydrogen-bond donors (Lipinski definition) is 5. The highest BCUT2D eigenvalue weighted by atomic mass is 16.2. The van der Waals surface area contributed by atoms with E-state index in [9.17, 15) is 9.59 Å². The zero-order valence-electron chi connectivity index (χ0n) is 37.6. The predicted molar refractivity (Wildman–Crippen MR) is 250 cm³/mol. The summed E-state index contributed by atoms with van der Waals surface area (Å²) in [5.41, 5.74) is 11.3. The van der Waals surface area contributed by atoms with Gasteiger partial charge in [0.25, 0.3) is 0 Å². The summed E-state index contributed by atoms with van der Waals surface area (Å²) in [6.45, 7) is 9.80. The summed E-state index contributed by atoms with van der Waals surface area (Å²) in [6.07, 6.45) is 50.9. The minimum absolute atomic E-state index is 0.0395. The van der Waals surface area contributed by atoms with Crippen molar-refractivity contribution in [2.75, 3.05) is 52.4 Å². The van der Waals surface area contributed by atoms with Crippen LogP contribution in [0, 0.1) is 0 Å². The monoisotopic (exact) mass is 799 g/mol. The summed E-state index contributed by atoms with van der Waals surface area (Å²) in [7, 11) is 0. The van der Waals surface area contributed by atoms with Gasteiger partial charge in [0.05, 0.1) is 12.6 Å². The van der Waals surface area contributed by atoms with Crippen molar-refractivity contribution in [3.8, 4) is 0 Å². The molecule has 0 radical (unpaired) electrons. The Kier molecular flexibility index (Phi) is 44.6. The molecule has 0 aliphatic carbocycles. The SMILES string of the molecule is CCCCCC=CCC=CCCCCCCCCN(CCCCCCCCC=CCC=CCCCCC)C(=O)CNC(=O)C(CCCNCCCN)NCCCN. The number of unbranched alkanes of at least 4 members (excludes halogenated alkanes) is 18. The summed E-state index contributed by atoms with van der Waals surface area (Å²) in [5.74, 6) is -0.0533. The molecule has 0 aromatic heterocycles. The highest BCUT2D eigenvalue weighted by Gasteiger charge is 2.20. The van der Waals surface area contributed by atoms with Gasteiger partial charge in [-0.2, -0.15) is 0 Å². The third kappa shape index (κ3) is 40.3. The van der Waals surface area contributed by atoms with Crippen LogP contribution >= 0.6 is 0 Å². The van der Waals surface area contributed by atoms with Crippen LogP contribution in [0.1, 0.15) is 194 Å². The second-order valence-corrected chi connectivity index (χ2v) is 16.0. The van der Waals surface area contributed by atoms with E-state index in [0.29, 0.717) is 26.1 Å². The quantitative estimate of drug-likeness (QED) is 0.0309. The number of carbonyl (C=O) groups is 2. The van der Waals surface area contributed by atoms with E-state index >= 15 is 0 Å². The average molecular weight is 799 g/mol. The van der Waals surface area contributed by atoms with Crippen molar-refractivity contribution in [3.63, 3.8) is 0 Å². The Morgan fingerprint density at radius 1 is 0.509 bits per heavy atom. The highest BCUT2D eigenvalue weighted by molar-refractivity contribution is 5.87. The number of allylic oxidation sites excluding steroid dienone is 8. The molecule has 0 fully saturated rings. The third-order valence-electron chi connectivity index (χ3n) is 10.5. The summed E-state index contributed by atoms with van der Waals surface area (Å²) >= 11 is 0. The van der Waals surface area contributed by atoms with Crippen LogP contribution in [-0.2, 0) is 9.59 Å². The van der Waals surface area contributed by atoms with E-state index < -0.39 is 0 Å². The number of nitrogens with one attached hydrogen (secondary N) is 3. The zero-order valence-corrected chi connectivity index (χ0v) is 37.6. The topological polar surface area (TPSA) is 126 Å². The molecule has 332 valence electrons. The zero-order chi connectivity index (χ0) is 41.5. The minimum atomic E-state index is -0.325. The first-order chi connectivity index (χ1) is 28.1. The summed E-state index contributed by atoms with van der Waals surface area (Å²) in [6, 6.07) is -0.325. The largest absolute Gasteiger partial charge is 0.346 e. The molecule has 0 saturated heterocycles. The van der Waals surface area contributed by atoms with Crippen molar-refractivity contribution in [2.45, 2.75) is 200 Å². The molecule has 8 nitrogen and oxygen atoms in total. The highest BCUT2D eigenvalue weighted by Crippen LogP contribution is 2.12. The van der Waals surface area contributed by atoms with Crippen LogP contribution < -0.4 is 27.4 Å². The molecule has 0 saturated carbocycles. The number of carbonyl (C=O) groups excluding carboxylic acids is 2. The number of nitrogens with two attached hydrogens (primary N) is 2. The van der Waals surface area contributed by atoms with Crippen LogP contribution in [0.3, 0.4) is 0 Å². The first-order valence-corrected chi connectivity index (χ1v) is 24.1. The lowest BCUT2D eigenvalue weighted by Gasteiger charge is -2.24. The molecule has 0 rings (SSSR count). The smallest absolute Gasteiger partial charge is 0.241 e. The van der Waals surface area contributed by atoms with Gasteiger partial charge in [0.1, 0.15) is 0 Å². The standard InChI is InChI=1S/C49H94N6O2/c1-3-5-7-9-11-13-15-17-19-21-23-25-27-29-31-33-44-55(45-34-32-30-28-26-24-22-20-18-16-14-12-10-8-6-4-2)48(56)46-54-49(57)47(53-43-37-40-51)38-35-41-52-42-36-39-50/h11-14,17-20,47,52-53H,3-10,15-16,21-46,50-51H2,1-2H3,(H,54,57). The van der Waals surface area contributed by atoms with Crippen molar-refractivity contribution in [1.82, 2.24) is 20.9 Å². The Hall–Kier alpha value is -2.26. The molecule has 1 unspecified atom stereocenters. The normalized spacial score (nSPS) is 12.6. The van der Waals surface area contributed by atoms with E-state index in [-0.39, 0.29) is 24.4 Å². The van der Waals surface area contributed by atoms with E-state index in [1.807, 2.05) is 4.90 Å². The molecule has 0 aromatic carbocycles. The lowest BCUT2D eigenvalue weighted by atomic mass is 10.1. The predicted octanol–water partition coefficient (Wildman–Crippen LogP) is 10.6. The Labute approximate surface area is 353 Å². The fourth-order valence-electron chi connectivity index (χ4n) is 6.83. The van der Waals surface area contributed by atoms with Gasteiger partial charge in [-0.1, -0.05) is 140 Å². The molecule has 57 heavy (non-hydrogen) atoms. The van der Waals surface area contributed by atoms with Crippen LogP contribution in [0.15, 0.2) is 48.6 Å². The Morgan fingerprint density at radius 2 is 0.930 bits per heavy atom. The van der Waals surface area contributed by atoms with E-state index in [1.165, 1.54) is 116 Å². The second-order valence-electron chi connectivity index (χ2n) is 16.0. The van der Waals surface area contributed by atoms with E-state index in [1.54, 1.807) is 0 Å². The number of nitrogens with zero attached hydrogens (tertiary/aromatic N) is 1. The summed E-state index contributed by atoms with van der Waals surface area (Å²) in [5, 5.41) is 9.75. The van der Waals surface area contributed by atoms with Gasteiger partial charge in [0, 0.05) is 13.1 Å². The molecule has 0 bridgehead atoms. The molecular formula is C49H94N6O2. The van der Waals surface area contributed by atoms with Crippen molar-refractivity contribution >= 4 is 11.8 Å². The van der Waals surface area contributed by atoms with Crippen LogP contribution in [0.2, 0.25) is 0 Å². The maximum absolute atomic E-state index is 13.5. The molecule has 0 aromatic rings. The third-order valence-corrected chi connectivity index (χ3v) is 10.5. The van der Waals surface area contributed by atoms with Gasteiger partial charge < -0.3 is 32.3 Å². The van der Waals surface area contributed by atoms with Gasteiger partial charge in [-0.15, -0.1) is 0 Å². The fraction of sp³-hybridized carbons (Fsp3) is 0.796. The van der Waals surface area contributed by atoms with Gasteiger partial charge in [-0.3, -0.25) is 9.59 Å². The first kappa shape index (κ1) is 54.7. The van der Waals surface area contributed by atoms with Crippen molar-refractivity contribution in [3.05, 3.63) is 48.6 Å². The summed E-state index contributed by atoms with van der Waals surface area (Å²) in [4.78, 5) is 28.8. The molecular weight excluding hydrogens is 705 g/mol. The molecule has 0 heterocycles. The Bertz CT molecular complexity index is 933. The Balaban J connectivity index is 4.68. The molecule has 8 heteroatoms. The maximum atomic E-state index is 13.5. The van der Waals surface area contributed by atoms with Crippen molar-refractivity contribution < 1.29 is 9.59 Å². The van der Waals surface area contributed by atoms with Gasteiger partial charge in [0.15, 0.2) is 0 Å². The Morgan fingerprint density at radius 3 is 1.40 bits per heavy atom. The van der Waals surface area contributed by atoms with Crippen LogP contribution in [0.25, 0.3) is 0 Å². The minimum Gasteiger partial charge on any atom is -0.346 e. The van der Waals surface area contributed by atoms with Gasteiger partial charge in [0.2, 0.25) is 11.8 Å². The van der Waals surface area contributed by atoms with E-state index in [2.05, 4.69) is 78.4 Å². The molecule has 7 N–H and O–H groups in total. The first-order valence-electron chi connectivity index (χ1n) is 24.1. The number of hydrogen-bond acceptors (Lipinski definition) is 6. The lowest BCUT2D eigenvalue weighted by Crippen LogP contribution is -2.48. The average Bonchev–Trinajstić information content (AvgIpc) is 3.22. The second kappa shape index (κ2) is 46.4. The molecule has 0 aliphatic rings. The maximum Gasteiger partial charge on any atom is 0.241 e. The molecule has 0 spiro atoms. The van der Waals surface area contributed by atoms with Gasteiger partial charge in [-0.25, -0.2) is 0 Å². The van der Waals surface area contributed by atoms with Crippen LogP contribution in [-0.4, -0.2) is 75.1 Å². The fourth-order valence-corrected chi connectivity index (χ4v) is 6.83. The number of amides is 2. The van der Waals surface area contributed by atoms with E-state index in [4.69, 9.17) is 11.5 Å². The molecule has 2 amide bonds. The number of rotatable bonds is 44. The molecule has 1 atom stereocenters. The van der Waals surface area contributed by atoms with Crippen LogP contribution in [0.5, 0.6) is 0 Å². The van der Waals surface area contributed by atoms with E-state index in [0.717, 1.165) is 84.0 Å². The van der Waals surface area contributed by atoms with Crippen molar-refractivity contribution in [2.24, 2.45) is 11.5 Å². The van der Waals surface area contributed by atoms with Gasteiger partial charge >= 0.3 is 0 Å². The lowest BCUT2D eigenvalue weighted by molar-refractivity contribution is -0.133. The van der Waals surface area contributed by atoms with Crippen LogP contribution in [0.4, 0.5) is 0 Å².